The van der Waals surface area contributed by atoms with Gasteiger partial charge in [-0.1, -0.05) is 6.07 Å². The Kier molecular flexibility index (Phi) is 5.41. The van der Waals surface area contributed by atoms with E-state index in [2.05, 4.69) is 4.90 Å². The van der Waals surface area contributed by atoms with Gasteiger partial charge < -0.3 is 14.6 Å². The second kappa shape index (κ2) is 7.28. The van der Waals surface area contributed by atoms with Gasteiger partial charge in [-0.2, -0.15) is 0 Å². The Morgan fingerprint density at radius 2 is 1.71 bits per heavy atom. The summed E-state index contributed by atoms with van der Waals surface area (Å²) in [6, 6.07) is 5.93. The Bertz CT molecular complexity index is 485. The summed E-state index contributed by atoms with van der Waals surface area (Å²) in [7, 11) is 3.26. The molecule has 1 fully saturated rings. The fourth-order valence-electron chi connectivity index (χ4n) is 2.53. The van der Waals surface area contributed by atoms with Crippen molar-refractivity contribution in [3.8, 4) is 11.5 Å². The molecule has 0 spiro atoms. The first-order valence-corrected chi connectivity index (χ1v) is 6.99. The molecule has 0 aromatic heterocycles. The zero-order valence-electron chi connectivity index (χ0n) is 12.5. The van der Waals surface area contributed by atoms with Crippen LogP contribution in [0.5, 0.6) is 11.5 Å². The van der Waals surface area contributed by atoms with E-state index in [1.165, 1.54) is 5.56 Å². The van der Waals surface area contributed by atoms with E-state index >= 15 is 0 Å². The highest BCUT2D eigenvalue weighted by molar-refractivity contribution is 5.69. The lowest BCUT2D eigenvalue weighted by Crippen LogP contribution is -2.47. The minimum absolute atomic E-state index is 0.129. The first-order valence-electron chi connectivity index (χ1n) is 6.99. The monoisotopic (exact) mass is 294 g/mol. The topological polar surface area (TPSA) is 62.2 Å². The first-order chi connectivity index (χ1) is 10.1. The van der Waals surface area contributed by atoms with Crippen LogP contribution in [0.15, 0.2) is 18.2 Å². The summed E-state index contributed by atoms with van der Waals surface area (Å²) in [5.74, 6) is 0.704. The van der Waals surface area contributed by atoms with Gasteiger partial charge in [0.15, 0.2) is 11.5 Å². The summed E-state index contributed by atoms with van der Waals surface area (Å²) in [6.07, 6.45) is 0. The summed E-state index contributed by atoms with van der Waals surface area (Å²) in [5.41, 5.74) is 1.17. The van der Waals surface area contributed by atoms with E-state index in [0.29, 0.717) is 0 Å². The minimum Gasteiger partial charge on any atom is -0.493 e. The van der Waals surface area contributed by atoms with Crippen LogP contribution in [0.2, 0.25) is 0 Å². The number of aliphatic carboxylic acids is 1. The largest absolute Gasteiger partial charge is 0.493 e. The Labute approximate surface area is 124 Å². The van der Waals surface area contributed by atoms with Crippen molar-refractivity contribution in [1.82, 2.24) is 9.80 Å². The number of carboxylic acid groups (broad SMARTS) is 1. The number of benzene rings is 1. The number of rotatable bonds is 6. The summed E-state index contributed by atoms with van der Waals surface area (Å²) in [6.45, 7) is 4.30. The van der Waals surface area contributed by atoms with E-state index in [1.54, 1.807) is 14.2 Å². The summed E-state index contributed by atoms with van der Waals surface area (Å²) < 4.78 is 10.5. The second-order valence-electron chi connectivity index (χ2n) is 5.14. The van der Waals surface area contributed by atoms with Gasteiger partial charge in [0.25, 0.3) is 0 Å². The molecule has 1 N–H and O–H groups in total. The molecular formula is C15H22N2O4. The van der Waals surface area contributed by atoms with Gasteiger partial charge >= 0.3 is 5.97 Å². The van der Waals surface area contributed by atoms with Crippen LogP contribution >= 0.6 is 0 Å². The lowest BCUT2D eigenvalue weighted by Gasteiger charge is -2.33. The van der Waals surface area contributed by atoms with Crippen molar-refractivity contribution >= 4 is 5.97 Å². The molecule has 0 amide bonds. The lowest BCUT2D eigenvalue weighted by molar-refractivity contribution is -0.138. The molecule has 0 radical (unpaired) electrons. The number of ether oxygens (including phenoxy) is 2. The maximum absolute atomic E-state index is 10.7. The average molecular weight is 294 g/mol. The van der Waals surface area contributed by atoms with E-state index in [0.717, 1.165) is 44.2 Å². The van der Waals surface area contributed by atoms with Crippen LogP contribution in [-0.4, -0.2) is 67.8 Å². The third kappa shape index (κ3) is 4.34. The summed E-state index contributed by atoms with van der Waals surface area (Å²) in [5, 5.41) is 8.79. The number of hydrogen-bond acceptors (Lipinski definition) is 5. The van der Waals surface area contributed by atoms with Crippen LogP contribution in [-0.2, 0) is 11.3 Å². The van der Waals surface area contributed by atoms with Crippen molar-refractivity contribution in [3.63, 3.8) is 0 Å². The third-order valence-corrected chi connectivity index (χ3v) is 3.68. The molecule has 1 heterocycles. The van der Waals surface area contributed by atoms with Crippen molar-refractivity contribution in [2.24, 2.45) is 0 Å². The Morgan fingerprint density at radius 1 is 1.10 bits per heavy atom. The highest BCUT2D eigenvalue weighted by atomic mass is 16.5. The van der Waals surface area contributed by atoms with Crippen molar-refractivity contribution in [1.29, 1.82) is 0 Å². The highest BCUT2D eigenvalue weighted by Crippen LogP contribution is 2.28. The van der Waals surface area contributed by atoms with Crippen molar-refractivity contribution < 1.29 is 19.4 Å². The maximum atomic E-state index is 10.7. The quantitative estimate of drug-likeness (QED) is 0.841. The molecule has 1 saturated heterocycles. The Balaban J connectivity index is 1.90. The molecule has 6 heteroatoms. The van der Waals surface area contributed by atoms with Gasteiger partial charge in [-0.15, -0.1) is 0 Å². The smallest absolute Gasteiger partial charge is 0.317 e. The van der Waals surface area contributed by atoms with Crippen molar-refractivity contribution in [3.05, 3.63) is 23.8 Å². The molecule has 2 rings (SSSR count). The normalized spacial score (nSPS) is 16.7. The first kappa shape index (κ1) is 15.6. The number of carbonyl (C=O) groups is 1. The Hall–Kier alpha value is -1.79. The lowest BCUT2D eigenvalue weighted by atomic mass is 10.1. The number of methoxy groups -OCH3 is 2. The second-order valence-corrected chi connectivity index (χ2v) is 5.14. The average Bonchev–Trinajstić information content (AvgIpc) is 2.48. The highest BCUT2D eigenvalue weighted by Gasteiger charge is 2.19. The molecule has 0 bridgehead atoms. The van der Waals surface area contributed by atoms with Gasteiger partial charge in [0.2, 0.25) is 0 Å². The SMILES string of the molecule is COc1ccc(CN2CCN(CC(=O)O)CC2)cc1OC. The van der Waals surface area contributed by atoms with E-state index in [4.69, 9.17) is 14.6 Å². The fraction of sp³-hybridized carbons (Fsp3) is 0.533. The molecule has 0 unspecified atom stereocenters. The molecule has 21 heavy (non-hydrogen) atoms. The molecule has 1 aliphatic rings. The fourth-order valence-corrected chi connectivity index (χ4v) is 2.53. The number of nitrogens with zero attached hydrogens (tertiary/aromatic N) is 2. The van der Waals surface area contributed by atoms with Crippen LogP contribution in [0.3, 0.4) is 0 Å². The van der Waals surface area contributed by atoms with Gasteiger partial charge in [-0.05, 0) is 17.7 Å². The summed E-state index contributed by atoms with van der Waals surface area (Å²) in [4.78, 5) is 15.0. The van der Waals surface area contributed by atoms with Crippen LogP contribution in [0.25, 0.3) is 0 Å². The third-order valence-electron chi connectivity index (χ3n) is 3.68. The van der Waals surface area contributed by atoms with E-state index in [9.17, 15) is 4.79 Å². The van der Waals surface area contributed by atoms with E-state index in [1.807, 2.05) is 23.1 Å². The number of piperazine rings is 1. The molecule has 0 aliphatic carbocycles. The zero-order chi connectivity index (χ0) is 15.2. The van der Waals surface area contributed by atoms with Gasteiger partial charge in [-0.25, -0.2) is 0 Å². The van der Waals surface area contributed by atoms with Gasteiger partial charge in [0.1, 0.15) is 0 Å². The molecule has 116 valence electrons. The molecule has 6 nitrogen and oxygen atoms in total. The summed E-state index contributed by atoms with van der Waals surface area (Å²) >= 11 is 0. The van der Waals surface area contributed by atoms with Crippen molar-refractivity contribution in [2.45, 2.75) is 6.54 Å². The maximum Gasteiger partial charge on any atom is 0.317 e. The molecule has 1 aliphatic heterocycles. The molecular weight excluding hydrogens is 272 g/mol. The number of hydrogen-bond donors (Lipinski definition) is 1. The predicted molar refractivity (Wildman–Crippen MR) is 78.9 cm³/mol. The number of carboxylic acids is 1. The Morgan fingerprint density at radius 3 is 2.29 bits per heavy atom. The van der Waals surface area contributed by atoms with E-state index in [-0.39, 0.29) is 6.54 Å². The minimum atomic E-state index is -0.761. The molecule has 0 atom stereocenters. The van der Waals surface area contributed by atoms with Gasteiger partial charge in [-0.3, -0.25) is 14.6 Å². The van der Waals surface area contributed by atoms with Crippen LogP contribution in [0.4, 0.5) is 0 Å². The standard InChI is InChI=1S/C15H22N2O4/c1-20-13-4-3-12(9-14(13)21-2)10-16-5-7-17(8-6-16)11-15(18)19/h3-4,9H,5-8,10-11H2,1-2H3,(H,18,19). The van der Waals surface area contributed by atoms with Crippen LogP contribution in [0.1, 0.15) is 5.56 Å². The molecule has 0 saturated carbocycles. The van der Waals surface area contributed by atoms with Gasteiger partial charge in [0.05, 0.1) is 20.8 Å². The molecule has 1 aromatic carbocycles. The zero-order valence-corrected chi connectivity index (χ0v) is 12.5. The predicted octanol–water partition coefficient (Wildman–Crippen LogP) is 0.906. The van der Waals surface area contributed by atoms with Crippen LogP contribution < -0.4 is 9.47 Å². The van der Waals surface area contributed by atoms with E-state index < -0.39 is 5.97 Å². The van der Waals surface area contributed by atoms with Crippen LogP contribution in [0, 0.1) is 0 Å². The van der Waals surface area contributed by atoms with Gasteiger partial charge in [0, 0.05) is 32.7 Å². The van der Waals surface area contributed by atoms with Crippen molar-refractivity contribution in [2.75, 3.05) is 46.9 Å². The molecule has 1 aromatic rings.